The molecule has 3 nitrogen and oxygen atoms in total. The third kappa shape index (κ3) is 5.12. The minimum absolute atomic E-state index is 0.230. The van der Waals surface area contributed by atoms with E-state index in [0.29, 0.717) is 18.7 Å². The quantitative estimate of drug-likeness (QED) is 0.515. The highest BCUT2D eigenvalue weighted by molar-refractivity contribution is 5.44. The summed E-state index contributed by atoms with van der Waals surface area (Å²) >= 11 is 0. The van der Waals surface area contributed by atoms with Crippen LogP contribution in [0.15, 0.2) is 66.7 Å². The molecule has 0 saturated carbocycles. The van der Waals surface area contributed by atoms with Crippen molar-refractivity contribution < 1.29 is 18.3 Å². The Kier molecular flexibility index (Phi) is 6.06. The van der Waals surface area contributed by atoms with Gasteiger partial charge in [-0.1, -0.05) is 36.4 Å². The third-order valence-electron chi connectivity index (χ3n) is 5.03. The molecule has 0 aliphatic carbocycles. The van der Waals surface area contributed by atoms with Crippen molar-refractivity contribution in [2.45, 2.75) is 25.9 Å². The first-order chi connectivity index (χ1) is 14.2. The first kappa shape index (κ1) is 19.4. The molecule has 0 fully saturated rings. The van der Waals surface area contributed by atoms with Gasteiger partial charge in [0, 0.05) is 18.7 Å². The molecule has 1 aliphatic rings. The van der Waals surface area contributed by atoms with E-state index >= 15 is 0 Å². The number of benzene rings is 3. The zero-order chi connectivity index (χ0) is 20.1. The maximum atomic E-state index is 14.2. The van der Waals surface area contributed by atoms with Crippen LogP contribution in [-0.4, -0.2) is 18.2 Å². The van der Waals surface area contributed by atoms with Gasteiger partial charge < -0.3 is 9.47 Å². The van der Waals surface area contributed by atoms with Crippen LogP contribution in [0.2, 0.25) is 0 Å². The largest absolute Gasteiger partial charge is 0.454 e. The summed E-state index contributed by atoms with van der Waals surface area (Å²) in [5.41, 5.74) is 2.68. The molecule has 0 spiro atoms. The van der Waals surface area contributed by atoms with Crippen LogP contribution < -0.4 is 9.47 Å². The maximum Gasteiger partial charge on any atom is 0.231 e. The summed E-state index contributed by atoms with van der Waals surface area (Å²) < 4.78 is 38.7. The lowest BCUT2D eigenvalue weighted by atomic mass is 10.1. The molecule has 4 rings (SSSR count). The van der Waals surface area contributed by atoms with Crippen LogP contribution in [0.4, 0.5) is 8.78 Å². The highest BCUT2D eigenvalue weighted by Crippen LogP contribution is 2.33. The van der Waals surface area contributed by atoms with Crippen molar-refractivity contribution in [1.29, 1.82) is 0 Å². The van der Waals surface area contributed by atoms with Crippen molar-refractivity contribution >= 4 is 0 Å². The predicted molar refractivity (Wildman–Crippen MR) is 108 cm³/mol. The van der Waals surface area contributed by atoms with Gasteiger partial charge in [-0.25, -0.2) is 8.78 Å². The summed E-state index contributed by atoms with van der Waals surface area (Å²) in [5.74, 6) is 0.656. The Morgan fingerprint density at radius 1 is 0.793 bits per heavy atom. The molecular weight excluding hydrogens is 372 g/mol. The first-order valence-electron chi connectivity index (χ1n) is 9.76. The van der Waals surface area contributed by atoms with E-state index in [-0.39, 0.29) is 12.6 Å². The highest BCUT2D eigenvalue weighted by atomic mass is 19.1. The lowest BCUT2D eigenvalue weighted by Crippen LogP contribution is -2.25. The summed E-state index contributed by atoms with van der Waals surface area (Å²) in [6.07, 6.45) is 1.86. The molecule has 0 unspecified atom stereocenters. The fraction of sp³-hybridized carbons (Fsp3) is 0.250. The van der Waals surface area contributed by atoms with Gasteiger partial charge in [-0.3, -0.25) is 4.90 Å². The minimum atomic E-state index is -0.422. The van der Waals surface area contributed by atoms with Crippen LogP contribution in [0.5, 0.6) is 11.5 Å². The molecule has 0 saturated heterocycles. The maximum absolute atomic E-state index is 14.2. The Morgan fingerprint density at radius 2 is 1.62 bits per heavy atom. The second kappa shape index (κ2) is 9.05. The molecule has 0 N–H and O–H groups in total. The summed E-state index contributed by atoms with van der Waals surface area (Å²) in [7, 11) is 0. The molecular formula is C24H23F2NO2. The normalized spacial score (nSPS) is 12.5. The number of hydrogen-bond acceptors (Lipinski definition) is 3. The lowest BCUT2D eigenvalue weighted by molar-refractivity contribution is 0.174. The Bertz CT molecular complexity index is 962. The highest BCUT2D eigenvalue weighted by Gasteiger charge is 2.16. The van der Waals surface area contributed by atoms with E-state index in [0.717, 1.165) is 42.5 Å². The molecule has 0 aromatic heterocycles. The van der Waals surface area contributed by atoms with Gasteiger partial charge in [-0.2, -0.15) is 0 Å². The molecule has 0 atom stereocenters. The second-order valence-corrected chi connectivity index (χ2v) is 7.22. The number of halogens is 2. The zero-order valence-electron chi connectivity index (χ0n) is 16.1. The number of aryl methyl sites for hydroxylation is 1. The van der Waals surface area contributed by atoms with Crippen molar-refractivity contribution in [2.24, 2.45) is 0 Å². The average Bonchev–Trinajstić information content (AvgIpc) is 3.19. The molecule has 1 aliphatic heterocycles. The monoisotopic (exact) mass is 395 g/mol. The number of nitrogens with zero attached hydrogens (tertiary/aromatic N) is 1. The average molecular weight is 395 g/mol. The van der Waals surface area contributed by atoms with Gasteiger partial charge >= 0.3 is 0 Å². The molecule has 29 heavy (non-hydrogen) atoms. The number of hydrogen-bond donors (Lipinski definition) is 0. The van der Waals surface area contributed by atoms with Crippen LogP contribution in [0, 0.1) is 11.6 Å². The van der Waals surface area contributed by atoms with Gasteiger partial charge in [0.1, 0.15) is 11.6 Å². The second-order valence-electron chi connectivity index (χ2n) is 7.22. The van der Waals surface area contributed by atoms with Crippen LogP contribution in [0.25, 0.3) is 0 Å². The van der Waals surface area contributed by atoms with E-state index in [1.165, 1.54) is 17.7 Å². The van der Waals surface area contributed by atoms with E-state index in [4.69, 9.17) is 9.47 Å². The van der Waals surface area contributed by atoms with Gasteiger partial charge in [0.25, 0.3) is 0 Å². The smallest absolute Gasteiger partial charge is 0.231 e. The van der Waals surface area contributed by atoms with Gasteiger partial charge in [0.2, 0.25) is 6.79 Å². The molecule has 0 amide bonds. The Morgan fingerprint density at radius 3 is 2.48 bits per heavy atom. The molecule has 0 bridgehead atoms. The topological polar surface area (TPSA) is 21.7 Å². The standard InChI is InChI=1S/C24H23F2NO2/c25-21-9-10-22(26)20(14-21)16-27(12-4-7-18-5-2-1-3-6-18)15-19-8-11-23-24(13-19)29-17-28-23/h1-3,5-6,8-11,13-14H,4,7,12,15-17H2. The third-order valence-corrected chi connectivity index (χ3v) is 5.03. The Labute approximate surface area is 169 Å². The van der Waals surface area contributed by atoms with Crippen LogP contribution >= 0.6 is 0 Å². The SMILES string of the molecule is Fc1ccc(F)c(CN(CCCc2ccccc2)Cc2ccc3c(c2)OCO3)c1. The van der Waals surface area contributed by atoms with Crippen LogP contribution in [-0.2, 0) is 19.5 Å². The van der Waals surface area contributed by atoms with Gasteiger partial charge in [0.05, 0.1) is 0 Å². The molecule has 150 valence electrons. The van der Waals surface area contributed by atoms with Crippen molar-refractivity contribution in [1.82, 2.24) is 4.90 Å². The first-order valence-corrected chi connectivity index (χ1v) is 9.76. The Balaban J connectivity index is 1.47. The zero-order valence-corrected chi connectivity index (χ0v) is 16.1. The van der Waals surface area contributed by atoms with Gasteiger partial charge in [-0.15, -0.1) is 0 Å². The molecule has 3 aromatic rings. The molecule has 5 heteroatoms. The van der Waals surface area contributed by atoms with E-state index in [1.807, 2.05) is 36.4 Å². The van der Waals surface area contributed by atoms with Gasteiger partial charge in [-0.05, 0) is 60.8 Å². The van der Waals surface area contributed by atoms with E-state index < -0.39 is 5.82 Å². The minimum Gasteiger partial charge on any atom is -0.454 e. The summed E-state index contributed by atoms with van der Waals surface area (Å²) in [6, 6.07) is 19.7. The summed E-state index contributed by atoms with van der Waals surface area (Å²) in [6.45, 7) is 1.95. The van der Waals surface area contributed by atoms with Crippen molar-refractivity contribution in [3.63, 3.8) is 0 Å². The van der Waals surface area contributed by atoms with E-state index in [1.54, 1.807) is 0 Å². The number of fused-ring (bicyclic) bond motifs is 1. The fourth-order valence-corrected chi connectivity index (χ4v) is 3.57. The van der Waals surface area contributed by atoms with E-state index in [9.17, 15) is 8.78 Å². The number of ether oxygens (including phenoxy) is 2. The number of rotatable bonds is 8. The van der Waals surface area contributed by atoms with Crippen molar-refractivity contribution in [2.75, 3.05) is 13.3 Å². The summed E-state index contributed by atoms with van der Waals surface area (Å²) in [4.78, 5) is 2.14. The molecule has 3 aromatic carbocycles. The molecule has 1 heterocycles. The van der Waals surface area contributed by atoms with Gasteiger partial charge in [0.15, 0.2) is 11.5 Å². The lowest BCUT2D eigenvalue weighted by Gasteiger charge is -2.23. The van der Waals surface area contributed by atoms with Crippen LogP contribution in [0.1, 0.15) is 23.1 Å². The summed E-state index contributed by atoms with van der Waals surface area (Å²) in [5, 5.41) is 0. The predicted octanol–water partition coefficient (Wildman–Crippen LogP) is 5.33. The van der Waals surface area contributed by atoms with Crippen molar-refractivity contribution in [3.8, 4) is 11.5 Å². The van der Waals surface area contributed by atoms with Crippen molar-refractivity contribution in [3.05, 3.63) is 95.1 Å². The fourth-order valence-electron chi connectivity index (χ4n) is 3.57. The van der Waals surface area contributed by atoms with Crippen LogP contribution in [0.3, 0.4) is 0 Å². The van der Waals surface area contributed by atoms with E-state index in [2.05, 4.69) is 17.0 Å². The Hall–Kier alpha value is -2.92. The molecule has 0 radical (unpaired) electrons.